The molecule has 0 spiro atoms. The van der Waals surface area contributed by atoms with E-state index in [1.165, 1.54) is 0 Å². The van der Waals surface area contributed by atoms with Gasteiger partial charge in [0.1, 0.15) is 6.20 Å². The Kier molecular flexibility index (Phi) is 1.18. The van der Waals surface area contributed by atoms with Crippen LogP contribution in [0.15, 0.2) is 6.20 Å². The predicted octanol–water partition coefficient (Wildman–Crippen LogP) is -0.801. The first-order chi connectivity index (χ1) is 4.20. The van der Waals surface area contributed by atoms with E-state index >= 15 is 0 Å². The maximum Gasteiger partial charge on any atom is 0.313 e. The average Bonchev–Trinajstić information content (AvgIpc) is 1.80. The maximum absolute atomic E-state index is 12.1. The van der Waals surface area contributed by atoms with Gasteiger partial charge in [0, 0.05) is 0 Å². The van der Waals surface area contributed by atoms with Crippen LogP contribution in [0.5, 0.6) is 0 Å². The molecule has 0 saturated carbocycles. The molecule has 5 N–H and O–H groups in total. The van der Waals surface area contributed by atoms with Crippen molar-refractivity contribution in [1.29, 1.82) is 0 Å². The molecule has 0 unspecified atom stereocenters. The molecule has 0 aliphatic heterocycles. The van der Waals surface area contributed by atoms with Crippen LogP contribution in [0.4, 0.5) is 16.0 Å². The number of aromatic amines is 1. The molecule has 1 heterocycles. The summed E-state index contributed by atoms with van der Waals surface area (Å²) < 4.78 is 12.1. The Bertz CT molecular complexity index is 224. The zero-order valence-electron chi connectivity index (χ0n) is 4.56. The number of rotatable bonds is 0. The fourth-order valence-corrected chi connectivity index (χ4v) is 0.419. The van der Waals surface area contributed by atoms with E-state index in [1.54, 1.807) is 0 Å². The number of anilines is 2. The highest BCUT2D eigenvalue weighted by molar-refractivity contribution is 5.46. The van der Waals surface area contributed by atoms with Gasteiger partial charge in [-0.2, -0.15) is 9.37 Å². The number of hydrogen-bond acceptors (Lipinski definition) is 3. The number of aromatic nitrogens is 2. The minimum absolute atomic E-state index is 0.0185. The van der Waals surface area contributed by atoms with Gasteiger partial charge >= 0.3 is 5.82 Å². The average molecular weight is 129 g/mol. The molecule has 1 rings (SSSR count). The highest BCUT2D eigenvalue weighted by Crippen LogP contribution is 2.00. The summed E-state index contributed by atoms with van der Waals surface area (Å²) in [4.78, 5) is 5.61. The zero-order valence-corrected chi connectivity index (χ0v) is 4.56. The van der Waals surface area contributed by atoms with Crippen molar-refractivity contribution in [1.82, 2.24) is 4.98 Å². The molecule has 0 aliphatic carbocycles. The third-order valence-corrected chi connectivity index (χ3v) is 0.850. The molecule has 0 amide bonds. The lowest BCUT2D eigenvalue weighted by atomic mass is 10.6. The molecule has 9 heavy (non-hydrogen) atoms. The second kappa shape index (κ2) is 1.85. The summed E-state index contributed by atoms with van der Waals surface area (Å²) in [6, 6.07) is 0. The fourth-order valence-electron chi connectivity index (χ4n) is 0.419. The smallest absolute Gasteiger partial charge is 0.313 e. The molecule has 48 valence electrons. The molecule has 0 radical (unpaired) electrons. The van der Waals surface area contributed by atoms with Crippen molar-refractivity contribution >= 4 is 11.6 Å². The molecule has 1 aromatic rings. The fraction of sp³-hybridized carbons (Fsp3) is 0. The first kappa shape index (κ1) is 5.74. The number of nitrogens with two attached hydrogens (primary N) is 2. The summed E-state index contributed by atoms with van der Waals surface area (Å²) in [7, 11) is 0. The monoisotopic (exact) mass is 129 g/mol. The van der Waals surface area contributed by atoms with Crippen molar-refractivity contribution in [2.24, 2.45) is 0 Å². The summed E-state index contributed by atoms with van der Waals surface area (Å²) in [6.45, 7) is 0. The minimum atomic E-state index is -0.665. The Morgan fingerprint density at radius 1 is 1.56 bits per heavy atom. The molecular formula is C4H6FN4+. The van der Waals surface area contributed by atoms with Crippen LogP contribution < -0.4 is 16.5 Å². The molecule has 0 fully saturated rings. The van der Waals surface area contributed by atoms with Crippen molar-refractivity contribution in [3.05, 3.63) is 12.1 Å². The molecule has 1 aromatic heterocycles. The minimum Gasteiger partial charge on any atom is -0.377 e. The van der Waals surface area contributed by atoms with E-state index in [2.05, 4.69) is 9.97 Å². The topological polar surface area (TPSA) is 79.1 Å². The van der Waals surface area contributed by atoms with E-state index in [4.69, 9.17) is 11.5 Å². The normalized spacial score (nSPS) is 9.44. The number of halogens is 1. The van der Waals surface area contributed by atoms with Gasteiger partial charge in [-0.15, -0.1) is 0 Å². The summed E-state index contributed by atoms with van der Waals surface area (Å²) in [5, 5.41) is 0. The van der Waals surface area contributed by atoms with Gasteiger partial charge in [0.2, 0.25) is 5.82 Å². The van der Waals surface area contributed by atoms with Crippen LogP contribution in [-0.4, -0.2) is 4.98 Å². The van der Waals surface area contributed by atoms with E-state index in [1.807, 2.05) is 0 Å². The molecule has 0 aliphatic rings. The third kappa shape index (κ3) is 1.04. The zero-order chi connectivity index (χ0) is 6.85. The number of hydrogen-bond donors (Lipinski definition) is 2. The first-order valence-corrected chi connectivity index (χ1v) is 2.29. The molecule has 0 aromatic carbocycles. The largest absolute Gasteiger partial charge is 0.377 e. The van der Waals surface area contributed by atoms with Crippen molar-refractivity contribution in [2.75, 3.05) is 11.5 Å². The first-order valence-electron chi connectivity index (χ1n) is 2.29. The number of nitrogens with zero attached hydrogens (tertiary/aromatic N) is 1. The van der Waals surface area contributed by atoms with Crippen LogP contribution in [-0.2, 0) is 0 Å². The van der Waals surface area contributed by atoms with Crippen molar-refractivity contribution in [3.8, 4) is 0 Å². The Balaban J connectivity index is 3.17. The van der Waals surface area contributed by atoms with Gasteiger partial charge in [0.05, 0.1) is 0 Å². The second-order valence-corrected chi connectivity index (χ2v) is 1.52. The van der Waals surface area contributed by atoms with Gasteiger partial charge < -0.3 is 5.73 Å². The Labute approximate surface area is 50.7 Å². The van der Waals surface area contributed by atoms with Crippen LogP contribution in [0.1, 0.15) is 0 Å². The molecule has 5 heteroatoms. The number of H-pyrrole nitrogens is 1. The van der Waals surface area contributed by atoms with Crippen LogP contribution in [0.3, 0.4) is 0 Å². The quantitative estimate of drug-likeness (QED) is 0.481. The van der Waals surface area contributed by atoms with Gasteiger partial charge in [0.25, 0.3) is 5.95 Å². The van der Waals surface area contributed by atoms with Crippen LogP contribution in [0.2, 0.25) is 0 Å². The summed E-state index contributed by atoms with van der Waals surface area (Å²) in [6.07, 6.45) is 1.03. The molecule has 0 saturated heterocycles. The van der Waals surface area contributed by atoms with Gasteiger partial charge in [0.15, 0.2) is 0 Å². The SMILES string of the molecule is Nc1nc(F)c[nH+]c1N. The van der Waals surface area contributed by atoms with Gasteiger partial charge in [-0.05, 0) is 0 Å². The van der Waals surface area contributed by atoms with E-state index in [0.717, 1.165) is 6.20 Å². The summed E-state index contributed by atoms with van der Waals surface area (Å²) in [5.41, 5.74) is 10.3. The lowest BCUT2D eigenvalue weighted by Gasteiger charge is -1.88. The van der Waals surface area contributed by atoms with Crippen molar-refractivity contribution in [2.45, 2.75) is 0 Å². The van der Waals surface area contributed by atoms with Crippen LogP contribution >= 0.6 is 0 Å². The molecule has 0 bridgehead atoms. The second-order valence-electron chi connectivity index (χ2n) is 1.52. The van der Waals surface area contributed by atoms with Gasteiger partial charge in [-0.1, -0.05) is 0 Å². The van der Waals surface area contributed by atoms with E-state index in [-0.39, 0.29) is 11.6 Å². The highest BCUT2D eigenvalue weighted by atomic mass is 19.1. The van der Waals surface area contributed by atoms with E-state index < -0.39 is 5.95 Å². The lowest BCUT2D eigenvalue weighted by Crippen LogP contribution is -2.15. The Morgan fingerprint density at radius 3 is 2.67 bits per heavy atom. The van der Waals surface area contributed by atoms with Crippen LogP contribution in [0, 0.1) is 5.95 Å². The Morgan fingerprint density at radius 2 is 2.22 bits per heavy atom. The molecule has 0 atom stereocenters. The van der Waals surface area contributed by atoms with E-state index in [9.17, 15) is 4.39 Å². The number of nitrogens with one attached hydrogen (secondary N) is 1. The van der Waals surface area contributed by atoms with E-state index in [0.29, 0.717) is 0 Å². The Hall–Kier alpha value is -1.39. The summed E-state index contributed by atoms with van der Waals surface area (Å²) >= 11 is 0. The standard InChI is InChI=1S/C4H5FN4/c5-2-1-8-3(6)4(7)9-2/h1H,(H2,6,8)(H2,7,9)/p+1. The summed E-state index contributed by atoms with van der Waals surface area (Å²) in [5.74, 6) is -0.506. The van der Waals surface area contributed by atoms with Gasteiger partial charge in [-0.25, -0.2) is 4.98 Å². The van der Waals surface area contributed by atoms with Crippen molar-refractivity contribution < 1.29 is 9.37 Å². The van der Waals surface area contributed by atoms with Crippen molar-refractivity contribution in [3.63, 3.8) is 0 Å². The molecule has 4 nitrogen and oxygen atoms in total. The van der Waals surface area contributed by atoms with Crippen LogP contribution in [0.25, 0.3) is 0 Å². The lowest BCUT2D eigenvalue weighted by molar-refractivity contribution is -0.363. The molecular weight excluding hydrogens is 123 g/mol. The van der Waals surface area contributed by atoms with Gasteiger partial charge in [-0.3, -0.25) is 5.73 Å². The predicted molar refractivity (Wildman–Crippen MR) is 29.6 cm³/mol. The third-order valence-electron chi connectivity index (χ3n) is 0.850. The highest BCUT2D eigenvalue weighted by Gasteiger charge is 2.02. The maximum atomic E-state index is 12.1. The number of nitrogen functional groups attached to an aromatic ring is 2.